The van der Waals surface area contributed by atoms with Crippen molar-refractivity contribution in [2.45, 2.75) is 6.54 Å². The molecule has 0 radical (unpaired) electrons. The van der Waals surface area contributed by atoms with Crippen LogP contribution in [0.5, 0.6) is 0 Å². The molecule has 4 N–H and O–H groups in total. The first-order chi connectivity index (χ1) is 12.5. The first-order valence-electron chi connectivity index (χ1n) is 7.68. The first-order valence-corrected chi connectivity index (χ1v) is 8.76. The number of nitrogens with zero attached hydrogens (tertiary/aromatic N) is 5. The highest BCUT2D eigenvalue weighted by Gasteiger charge is 2.18. The smallest absolute Gasteiger partial charge is 0.184 e. The van der Waals surface area contributed by atoms with Gasteiger partial charge in [0.15, 0.2) is 11.5 Å². The van der Waals surface area contributed by atoms with E-state index >= 15 is 0 Å². The molecule has 0 bridgehead atoms. The quantitative estimate of drug-likeness (QED) is 0.455. The molecule has 0 fully saturated rings. The van der Waals surface area contributed by atoms with Crippen LogP contribution < -0.4 is 11.5 Å². The lowest BCUT2D eigenvalue weighted by Gasteiger charge is -2.04. The Morgan fingerprint density at radius 2 is 1.77 bits per heavy atom. The molecule has 7 nitrogen and oxygen atoms in total. The fourth-order valence-electron chi connectivity index (χ4n) is 2.66. The summed E-state index contributed by atoms with van der Waals surface area (Å²) in [5, 5.41) is 5.30. The normalized spacial score (nSPS) is 11.2. The molecule has 130 valence electrons. The molecule has 0 unspecified atom stereocenters. The molecular formula is C17H13FIN7. The van der Waals surface area contributed by atoms with Crippen molar-refractivity contribution >= 4 is 45.3 Å². The fourth-order valence-corrected chi connectivity index (χ4v) is 2.90. The second-order valence-electron chi connectivity index (χ2n) is 5.60. The second-order valence-corrected chi connectivity index (χ2v) is 6.68. The van der Waals surface area contributed by atoms with E-state index in [9.17, 15) is 4.39 Å². The van der Waals surface area contributed by atoms with Crippen molar-refractivity contribution in [1.29, 1.82) is 0 Å². The highest BCUT2D eigenvalue weighted by atomic mass is 127. The van der Waals surface area contributed by atoms with Crippen LogP contribution in [0.15, 0.2) is 42.6 Å². The van der Waals surface area contributed by atoms with E-state index in [1.807, 2.05) is 28.7 Å². The van der Waals surface area contributed by atoms with Crippen LogP contribution in [0.4, 0.5) is 16.0 Å². The molecule has 3 heterocycles. The lowest BCUT2D eigenvalue weighted by Crippen LogP contribution is -2.06. The Morgan fingerprint density at radius 3 is 2.50 bits per heavy atom. The van der Waals surface area contributed by atoms with Gasteiger partial charge in [-0.25, -0.2) is 24.0 Å². The standard InChI is InChI=1S/C17H13FIN7/c18-11-6-2-1-4-9(11)8-26-17-10(5-3-7-22-17)13(25-26)16-23-14(20)12(19)15(21)24-16/h1-7H,8H2,(H4,20,21,23,24). The zero-order valence-corrected chi connectivity index (χ0v) is 15.6. The van der Waals surface area contributed by atoms with Gasteiger partial charge in [0.05, 0.1) is 15.5 Å². The number of aromatic nitrogens is 5. The molecule has 4 rings (SSSR count). The van der Waals surface area contributed by atoms with Gasteiger partial charge in [0.1, 0.15) is 23.1 Å². The summed E-state index contributed by atoms with van der Waals surface area (Å²) in [6.45, 7) is 0.232. The third-order valence-electron chi connectivity index (χ3n) is 3.90. The summed E-state index contributed by atoms with van der Waals surface area (Å²) in [7, 11) is 0. The predicted octanol–water partition coefficient (Wildman–Crippen LogP) is 2.84. The minimum absolute atomic E-state index is 0.232. The highest BCUT2D eigenvalue weighted by Crippen LogP contribution is 2.28. The van der Waals surface area contributed by atoms with Crippen molar-refractivity contribution in [3.05, 3.63) is 57.5 Å². The van der Waals surface area contributed by atoms with Crippen molar-refractivity contribution in [3.63, 3.8) is 0 Å². The molecule has 0 atom stereocenters. The Labute approximate surface area is 161 Å². The van der Waals surface area contributed by atoms with E-state index in [0.717, 1.165) is 5.39 Å². The lowest BCUT2D eigenvalue weighted by atomic mass is 10.2. The minimum atomic E-state index is -0.298. The summed E-state index contributed by atoms with van der Waals surface area (Å²) < 4.78 is 16.3. The van der Waals surface area contributed by atoms with Gasteiger partial charge in [0.25, 0.3) is 0 Å². The second kappa shape index (κ2) is 6.48. The van der Waals surface area contributed by atoms with E-state index in [0.29, 0.717) is 26.3 Å². The van der Waals surface area contributed by atoms with Crippen molar-refractivity contribution in [1.82, 2.24) is 24.7 Å². The molecule has 0 aliphatic heterocycles. The van der Waals surface area contributed by atoms with Gasteiger partial charge in [0, 0.05) is 11.8 Å². The predicted molar refractivity (Wildman–Crippen MR) is 106 cm³/mol. The number of hydrogen-bond donors (Lipinski definition) is 2. The summed E-state index contributed by atoms with van der Waals surface area (Å²) in [5.41, 5.74) is 13.4. The molecule has 0 saturated carbocycles. The van der Waals surface area contributed by atoms with Crippen molar-refractivity contribution in [2.24, 2.45) is 0 Å². The number of halogens is 2. The number of pyridine rings is 1. The van der Waals surface area contributed by atoms with E-state index in [2.05, 4.69) is 20.1 Å². The maximum absolute atomic E-state index is 14.0. The highest BCUT2D eigenvalue weighted by molar-refractivity contribution is 14.1. The van der Waals surface area contributed by atoms with Crippen LogP contribution in [0.25, 0.3) is 22.6 Å². The number of nitrogens with two attached hydrogens (primary N) is 2. The maximum Gasteiger partial charge on any atom is 0.184 e. The van der Waals surface area contributed by atoms with Crippen LogP contribution in [0.1, 0.15) is 5.56 Å². The number of nitrogen functional groups attached to an aromatic ring is 2. The minimum Gasteiger partial charge on any atom is -0.383 e. The van der Waals surface area contributed by atoms with Crippen molar-refractivity contribution in [3.8, 4) is 11.5 Å². The number of hydrogen-bond acceptors (Lipinski definition) is 6. The van der Waals surface area contributed by atoms with Gasteiger partial charge in [-0.2, -0.15) is 5.10 Å². The topological polar surface area (TPSA) is 109 Å². The zero-order chi connectivity index (χ0) is 18.3. The van der Waals surface area contributed by atoms with Crippen LogP contribution in [0, 0.1) is 9.39 Å². The fraction of sp³-hybridized carbons (Fsp3) is 0.0588. The lowest BCUT2D eigenvalue weighted by molar-refractivity contribution is 0.589. The van der Waals surface area contributed by atoms with E-state index in [-0.39, 0.29) is 24.0 Å². The molecule has 3 aromatic heterocycles. The molecule has 0 spiro atoms. The van der Waals surface area contributed by atoms with Crippen LogP contribution in [0.2, 0.25) is 0 Å². The molecule has 1 aromatic carbocycles. The number of rotatable bonds is 3. The molecular weight excluding hydrogens is 448 g/mol. The summed E-state index contributed by atoms with van der Waals surface area (Å²) in [5.74, 6) is 0.584. The van der Waals surface area contributed by atoms with Gasteiger partial charge in [-0.15, -0.1) is 0 Å². The van der Waals surface area contributed by atoms with Gasteiger partial charge in [-0.05, 0) is 40.8 Å². The largest absolute Gasteiger partial charge is 0.383 e. The Bertz CT molecular complexity index is 1100. The monoisotopic (exact) mass is 461 g/mol. The number of fused-ring (bicyclic) bond motifs is 1. The zero-order valence-electron chi connectivity index (χ0n) is 13.4. The molecule has 0 saturated heterocycles. The van der Waals surface area contributed by atoms with Crippen molar-refractivity contribution in [2.75, 3.05) is 11.5 Å². The Hall–Kier alpha value is -2.82. The Kier molecular flexibility index (Phi) is 4.15. The maximum atomic E-state index is 14.0. The third-order valence-corrected chi connectivity index (χ3v) is 5.00. The molecule has 4 aromatic rings. The summed E-state index contributed by atoms with van der Waals surface area (Å²) >= 11 is 1.99. The molecule has 0 aliphatic rings. The third kappa shape index (κ3) is 2.83. The average molecular weight is 461 g/mol. The van der Waals surface area contributed by atoms with Crippen LogP contribution in [0.3, 0.4) is 0 Å². The van der Waals surface area contributed by atoms with Crippen molar-refractivity contribution < 1.29 is 4.39 Å². The van der Waals surface area contributed by atoms with Gasteiger partial charge in [-0.3, -0.25) is 0 Å². The van der Waals surface area contributed by atoms with Crippen LogP contribution >= 0.6 is 22.6 Å². The Morgan fingerprint density at radius 1 is 1.04 bits per heavy atom. The Balaban J connectivity index is 1.89. The molecule has 0 aliphatic carbocycles. The molecule has 9 heteroatoms. The summed E-state index contributed by atoms with van der Waals surface area (Å²) in [6, 6.07) is 10.2. The van der Waals surface area contributed by atoms with E-state index in [1.165, 1.54) is 6.07 Å². The van der Waals surface area contributed by atoms with E-state index in [1.54, 1.807) is 35.1 Å². The summed E-state index contributed by atoms with van der Waals surface area (Å²) in [6.07, 6.45) is 1.66. The van der Waals surface area contributed by atoms with Crippen LogP contribution in [-0.4, -0.2) is 24.7 Å². The van der Waals surface area contributed by atoms with Gasteiger partial charge < -0.3 is 11.5 Å². The molecule has 26 heavy (non-hydrogen) atoms. The number of anilines is 2. The van der Waals surface area contributed by atoms with Gasteiger partial charge >= 0.3 is 0 Å². The first kappa shape index (κ1) is 16.6. The molecule has 0 amide bonds. The van der Waals surface area contributed by atoms with Gasteiger partial charge in [0.2, 0.25) is 0 Å². The van der Waals surface area contributed by atoms with Crippen LogP contribution in [-0.2, 0) is 6.54 Å². The van der Waals surface area contributed by atoms with E-state index < -0.39 is 0 Å². The van der Waals surface area contributed by atoms with E-state index in [4.69, 9.17) is 11.5 Å². The summed E-state index contributed by atoms with van der Waals surface area (Å²) in [4.78, 5) is 13.0. The number of benzene rings is 1. The SMILES string of the molecule is Nc1nc(-c2nn(Cc3ccccc3F)c3ncccc23)nc(N)c1I. The van der Waals surface area contributed by atoms with Gasteiger partial charge in [-0.1, -0.05) is 18.2 Å². The average Bonchev–Trinajstić information content (AvgIpc) is 3.00.